The fourth-order valence-corrected chi connectivity index (χ4v) is 4.99. The lowest BCUT2D eigenvalue weighted by molar-refractivity contribution is 0.179. The standard InChI is InChI=1S/C22H40N6S.HI/c1-4-10-27-13-8-20(9-14-27)26-22(23-5-2)24-15-19-6-11-28(12-7-19)16-21-17-29-18(3)25-21;/h17,19-20H,4-16H2,1-3H3,(H2,23,24,26);1H. The van der Waals surface area contributed by atoms with Gasteiger partial charge >= 0.3 is 0 Å². The number of aliphatic imine (C=N–C) groups is 1. The van der Waals surface area contributed by atoms with E-state index in [0.717, 1.165) is 38.7 Å². The van der Waals surface area contributed by atoms with Crippen molar-refractivity contribution in [2.45, 2.75) is 65.5 Å². The van der Waals surface area contributed by atoms with Crippen LogP contribution in [0.2, 0.25) is 0 Å². The van der Waals surface area contributed by atoms with E-state index in [1.165, 1.54) is 62.4 Å². The van der Waals surface area contributed by atoms with Gasteiger partial charge in [0.1, 0.15) is 0 Å². The summed E-state index contributed by atoms with van der Waals surface area (Å²) in [5.74, 6) is 1.71. The van der Waals surface area contributed by atoms with Crippen LogP contribution in [-0.2, 0) is 6.54 Å². The summed E-state index contributed by atoms with van der Waals surface area (Å²) in [5, 5.41) is 10.5. The van der Waals surface area contributed by atoms with Gasteiger partial charge in [0.05, 0.1) is 10.7 Å². The molecule has 0 atom stereocenters. The molecule has 0 aromatic carbocycles. The molecule has 0 aliphatic carbocycles. The molecule has 0 spiro atoms. The Kier molecular flexibility index (Phi) is 11.9. The van der Waals surface area contributed by atoms with Crippen molar-refractivity contribution in [2.24, 2.45) is 10.9 Å². The fraction of sp³-hybridized carbons (Fsp3) is 0.818. The number of guanidine groups is 1. The van der Waals surface area contributed by atoms with Gasteiger partial charge in [-0.2, -0.15) is 0 Å². The zero-order valence-electron chi connectivity index (χ0n) is 19.0. The molecule has 2 aliphatic rings. The highest BCUT2D eigenvalue weighted by Crippen LogP contribution is 2.20. The average molecular weight is 549 g/mol. The number of aromatic nitrogens is 1. The van der Waals surface area contributed by atoms with Crippen LogP contribution in [0.4, 0.5) is 0 Å². The first-order chi connectivity index (χ1) is 14.2. The molecule has 0 unspecified atom stereocenters. The Morgan fingerprint density at radius 2 is 1.83 bits per heavy atom. The molecule has 1 aromatic rings. The minimum Gasteiger partial charge on any atom is -0.357 e. The van der Waals surface area contributed by atoms with E-state index in [0.29, 0.717) is 12.0 Å². The number of hydrogen-bond donors (Lipinski definition) is 2. The van der Waals surface area contributed by atoms with E-state index in [1.54, 1.807) is 11.3 Å². The van der Waals surface area contributed by atoms with Crippen LogP contribution in [0, 0.1) is 12.8 Å². The van der Waals surface area contributed by atoms with E-state index in [2.05, 4.69) is 51.6 Å². The van der Waals surface area contributed by atoms with Gasteiger partial charge in [-0.05, 0) is 71.5 Å². The second-order valence-corrected chi connectivity index (χ2v) is 9.62. The number of hydrogen-bond acceptors (Lipinski definition) is 5. The molecule has 8 heteroatoms. The Balaban J connectivity index is 0.00000320. The second-order valence-electron chi connectivity index (χ2n) is 8.56. The molecule has 172 valence electrons. The molecule has 0 bridgehead atoms. The van der Waals surface area contributed by atoms with Gasteiger partial charge in [-0.15, -0.1) is 35.3 Å². The lowest BCUT2D eigenvalue weighted by atomic mass is 9.97. The summed E-state index contributed by atoms with van der Waals surface area (Å²) >= 11 is 1.75. The normalized spacial score (nSPS) is 20.2. The Morgan fingerprint density at radius 1 is 1.13 bits per heavy atom. The van der Waals surface area contributed by atoms with Gasteiger partial charge in [-0.3, -0.25) is 9.89 Å². The van der Waals surface area contributed by atoms with E-state index in [1.807, 2.05) is 0 Å². The van der Waals surface area contributed by atoms with Crippen molar-refractivity contribution in [3.63, 3.8) is 0 Å². The maximum atomic E-state index is 4.95. The molecule has 1 aromatic heterocycles. The number of thiazole rings is 1. The molecular weight excluding hydrogens is 507 g/mol. The first kappa shape index (κ1) is 25.8. The Labute approximate surface area is 204 Å². The van der Waals surface area contributed by atoms with Gasteiger partial charge in [0.2, 0.25) is 0 Å². The van der Waals surface area contributed by atoms with Gasteiger partial charge in [0, 0.05) is 44.1 Å². The lowest BCUT2D eigenvalue weighted by Crippen LogP contribution is -2.49. The van der Waals surface area contributed by atoms with Crippen molar-refractivity contribution in [1.82, 2.24) is 25.4 Å². The van der Waals surface area contributed by atoms with E-state index < -0.39 is 0 Å². The Bertz CT molecular complexity index is 621. The van der Waals surface area contributed by atoms with E-state index in [-0.39, 0.29) is 24.0 Å². The molecule has 3 rings (SSSR count). The first-order valence-electron chi connectivity index (χ1n) is 11.6. The summed E-state index contributed by atoms with van der Waals surface area (Å²) in [6, 6.07) is 0.560. The van der Waals surface area contributed by atoms with Crippen LogP contribution in [0.5, 0.6) is 0 Å². The van der Waals surface area contributed by atoms with Crippen LogP contribution in [0.1, 0.15) is 56.7 Å². The van der Waals surface area contributed by atoms with E-state index in [4.69, 9.17) is 4.99 Å². The van der Waals surface area contributed by atoms with Crippen LogP contribution < -0.4 is 10.6 Å². The van der Waals surface area contributed by atoms with Crippen LogP contribution >= 0.6 is 35.3 Å². The highest BCUT2D eigenvalue weighted by Gasteiger charge is 2.21. The Hall–Kier alpha value is -0.450. The van der Waals surface area contributed by atoms with Gasteiger partial charge in [0.25, 0.3) is 0 Å². The van der Waals surface area contributed by atoms with Crippen LogP contribution in [0.25, 0.3) is 0 Å². The number of nitrogens with one attached hydrogen (secondary N) is 2. The number of likely N-dealkylation sites (tertiary alicyclic amines) is 2. The molecule has 2 saturated heterocycles. The third-order valence-corrected chi connectivity index (χ3v) is 6.90. The highest BCUT2D eigenvalue weighted by molar-refractivity contribution is 14.0. The topological polar surface area (TPSA) is 55.8 Å². The van der Waals surface area contributed by atoms with Crippen LogP contribution in [0.3, 0.4) is 0 Å². The molecule has 3 heterocycles. The lowest BCUT2D eigenvalue weighted by Gasteiger charge is -2.33. The molecule has 2 fully saturated rings. The van der Waals surface area contributed by atoms with Gasteiger partial charge < -0.3 is 15.5 Å². The first-order valence-corrected chi connectivity index (χ1v) is 12.4. The maximum Gasteiger partial charge on any atom is 0.191 e. The van der Waals surface area contributed by atoms with Gasteiger partial charge in [0.15, 0.2) is 5.96 Å². The van der Waals surface area contributed by atoms with Crippen molar-refractivity contribution in [1.29, 1.82) is 0 Å². The molecule has 6 nitrogen and oxygen atoms in total. The maximum absolute atomic E-state index is 4.95. The van der Waals surface area contributed by atoms with E-state index in [9.17, 15) is 0 Å². The summed E-state index contributed by atoms with van der Waals surface area (Å²) in [5.41, 5.74) is 1.23. The van der Waals surface area contributed by atoms with Crippen LogP contribution in [0.15, 0.2) is 10.4 Å². The van der Waals surface area contributed by atoms with Crippen molar-refractivity contribution >= 4 is 41.3 Å². The average Bonchev–Trinajstić information content (AvgIpc) is 3.14. The third-order valence-electron chi connectivity index (χ3n) is 6.08. The molecule has 0 amide bonds. The summed E-state index contributed by atoms with van der Waals surface area (Å²) in [6.45, 7) is 15.4. The number of aryl methyl sites for hydroxylation is 1. The largest absolute Gasteiger partial charge is 0.357 e. The molecular formula is C22H41IN6S. The minimum absolute atomic E-state index is 0. The van der Waals surface area contributed by atoms with Crippen molar-refractivity contribution in [3.8, 4) is 0 Å². The van der Waals surface area contributed by atoms with Crippen LogP contribution in [-0.4, -0.2) is 72.6 Å². The van der Waals surface area contributed by atoms with Gasteiger partial charge in [-0.1, -0.05) is 6.92 Å². The van der Waals surface area contributed by atoms with Crippen molar-refractivity contribution in [3.05, 3.63) is 16.1 Å². The summed E-state index contributed by atoms with van der Waals surface area (Å²) in [4.78, 5) is 14.7. The third kappa shape index (κ3) is 8.59. The number of piperidine rings is 2. The molecule has 2 N–H and O–H groups in total. The fourth-order valence-electron chi connectivity index (χ4n) is 4.39. The summed E-state index contributed by atoms with van der Waals surface area (Å²) < 4.78 is 0. The number of rotatable bonds is 8. The zero-order chi connectivity index (χ0) is 20.5. The zero-order valence-corrected chi connectivity index (χ0v) is 22.2. The smallest absolute Gasteiger partial charge is 0.191 e. The highest BCUT2D eigenvalue weighted by atomic mass is 127. The van der Waals surface area contributed by atoms with Crippen molar-refractivity contribution in [2.75, 3.05) is 45.8 Å². The number of nitrogens with zero attached hydrogens (tertiary/aromatic N) is 4. The summed E-state index contributed by atoms with van der Waals surface area (Å²) in [7, 11) is 0. The molecule has 0 radical (unpaired) electrons. The quantitative estimate of drug-likeness (QED) is 0.295. The molecule has 0 saturated carbocycles. The summed E-state index contributed by atoms with van der Waals surface area (Å²) in [6.07, 6.45) is 6.17. The van der Waals surface area contributed by atoms with Gasteiger partial charge in [-0.25, -0.2) is 4.98 Å². The minimum atomic E-state index is 0. The molecule has 30 heavy (non-hydrogen) atoms. The van der Waals surface area contributed by atoms with E-state index >= 15 is 0 Å². The SMILES string of the molecule is CCCN1CCC(NC(=NCC2CCN(Cc3csc(C)n3)CC2)NCC)CC1.I. The van der Waals surface area contributed by atoms with Crippen molar-refractivity contribution < 1.29 is 0 Å². The molecule has 2 aliphatic heterocycles. The predicted molar refractivity (Wildman–Crippen MR) is 139 cm³/mol. The monoisotopic (exact) mass is 548 g/mol. The predicted octanol–water partition coefficient (Wildman–Crippen LogP) is 3.71. The number of halogens is 1. The Morgan fingerprint density at radius 3 is 2.43 bits per heavy atom. The second kappa shape index (κ2) is 13.9.